The second kappa shape index (κ2) is 6.63. The van der Waals surface area contributed by atoms with Crippen LogP contribution in [-0.2, 0) is 16.0 Å². The van der Waals surface area contributed by atoms with Crippen molar-refractivity contribution in [2.75, 3.05) is 20.8 Å². The molecule has 0 amide bonds. The molecule has 108 valence electrons. The first-order chi connectivity index (χ1) is 8.82. The summed E-state index contributed by atoms with van der Waals surface area (Å²) in [7, 11) is 3.17. The Morgan fingerprint density at radius 3 is 2.58 bits per heavy atom. The number of methoxy groups -OCH3 is 2. The van der Waals surface area contributed by atoms with E-state index >= 15 is 0 Å². The van der Waals surface area contributed by atoms with E-state index < -0.39 is 6.10 Å². The molecule has 6 heteroatoms. The van der Waals surface area contributed by atoms with E-state index in [0.717, 1.165) is 0 Å². The van der Waals surface area contributed by atoms with E-state index in [1.165, 1.54) is 0 Å². The molecule has 0 saturated carbocycles. The van der Waals surface area contributed by atoms with Crippen molar-refractivity contribution in [2.45, 2.75) is 33.4 Å². The number of hydrogen-bond donors (Lipinski definition) is 0. The number of carbonyl (C=O) groups is 1. The quantitative estimate of drug-likeness (QED) is 0.751. The number of Topliss-reactive ketones (excluding diaryl/α,β-unsaturated/α-hetero) is 1. The molecule has 0 aromatic carbocycles. The first kappa shape index (κ1) is 16.3. The summed E-state index contributed by atoms with van der Waals surface area (Å²) in [6.07, 6.45) is 1.11. The summed E-state index contributed by atoms with van der Waals surface area (Å²) in [6.45, 7) is 6.96. The number of rotatable bonds is 6. The first-order valence-corrected chi connectivity index (χ1v) is 6.89. The second-order valence-corrected chi connectivity index (χ2v) is 6.26. The molecule has 0 fully saturated rings. The van der Waals surface area contributed by atoms with Gasteiger partial charge in [0, 0.05) is 14.2 Å². The minimum absolute atomic E-state index is 0.0736. The number of ketones is 1. The molecule has 1 heterocycles. The lowest BCUT2D eigenvalue weighted by Gasteiger charge is -2.28. The van der Waals surface area contributed by atoms with Gasteiger partial charge >= 0.3 is 0 Å². The zero-order chi connectivity index (χ0) is 14.6. The molecular formula is C13H21BrN2O3. The first-order valence-electron chi connectivity index (χ1n) is 6.10. The predicted octanol–water partition coefficient (Wildman–Crippen LogP) is 2.54. The van der Waals surface area contributed by atoms with Crippen molar-refractivity contribution in [3.63, 3.8) is 0 Å². The van der Waals surface area contributed by atoms with Gasteiger partial charge in [-0.1, -0.05) is 20.8 Å². The molecule has 1 rings (SSSR count). The van der Waals surface area contributed by atoms with Gasteiger partial charge in [-0.2, -0.15) is 5.10 Å². The molecule has 1 atom stereocenters. The monoisotopic (exact) mass is 332 g/mol. The van der Waals surface area contributed by atoms with Crippen LogP contribution >= 0.6 is 15.9 Å². The summed E-state index contributed by atoms with van der Waals surface area (Å²) in [5.41, 5.74) is 0.251. The van der Waals surface area contributed by atoms with Crippen molar-refractivity contribution in [3.8, 4) is 0 Å². The second-order valence-electron chi connectivity index (χ2n) is 5.40. The lowest BCUT2D eigenvalue weighted by atomic mass is 9.85. The van der Waals surface area contributed by atoms with Gasteiger partial charge in [0.05, 0.1) is 23.8 Å². The topological polar surface area (TPSA) is 53.4 Å². The summed E-state index contributed by atoms with van der Waals surface area (Å²) in [5, 5.41) is 4.19. The Morgan fingerprint density at radius 2 is 2.11 bits per heavy atom. The Hall–Kier alpha value is -0.720. The number of halogens is 1. The number of ether oxygens (including phenoxy) is 2. The Kier molecular flexibility index (Phi) is 5.70. The van der Waals surface area contributed by atoms with Crippen LogP contribution in [-0.4, -0.2) is 42.5 Å². The van der Waals surface area contributed by atoms with E-state index in [4.69, 9.17) is 9.47 Å². The van der Waals surface area contributed by atoms with Crippen molar-refractivity contribution in [1.29, 1.82) is 0 Å². The summed E-state index contributed by atoms with van der Waals surface area (Å²) in [6, 6.07) is 0. The van der Waals surface area contributed by atoms with Crippen LogP contribution in [0.5, 0.6) is 0 Å². The van der Waals surface area contributed by atoms with Crippen molar-refractivity contribution in [1.82, 2.24) is 9.78 Å². The van der Waals surface area contributed by atoms with E-state index in [0.29, 0.717) is 23.3 Å². The fourth-order valence-corrected chi connectivity index (χ4v) is 2.42. The predicted molar refractivity (Wildman–Crippen MR) is 76.4 cm³/mol. The van der Waals surface area contributed by atoms with Gasteiger partial charge in [0.25, 0.3) is 0 Å². The minimum atomic E-state index is -0.512. The van der Waals surface area contributed by atoms with Crippen molar-refractivity contribution in [3.05, 3.63) is 16.4 Å². The zero-order valence-corrected chi connectivity index (χ0v) is 13.7. The maximum atomic E-state index is 12.6. The number of carbonyl (C=O) groups excluding carboxylic acids is 1. The molecule has 1 aromatic heterocycles. The Labute approximate surface area is 122 Å². The lowest BCUT2D eigenvalue weighted by Crippen LogP contribution is -2.37. The molecule has 0 aliphatic heterocycles. The maximum absolute atomic E-state index is 12.6. The summed E-state index contributed by atoms with van der Waals surface area (Å²) >= 11 is 3.37. The number of nitrogens with zero attached hydrogens (tertiary/aromatic N) is 2. The molecule has 5 nitrogen and oxygen atoms in total. The van der Waals surface area contributed by atoms with E-state index in [1.54, 1.807) is 25.1 Å². The molecular weight excluding hydrogens is 312 g/mol. The normalized spacial score (nSPS) is 13.6. The van der Waals surface area contributed by atoms with E-state index in [1.807, 2.05) is 20.8 Å². The van der Waals surface area contributed by atoms with Gasteiger partial charge in [0.1, 0.15) is 11.8 Å². The third-order valence-electron chi connectivity index (χ3n) is 2.80. The smallest absolute Gasteiger partial charge is 0.211 e. The van der Waals surface area contributed by atoms with Crippen LogP contribution in [0, 0.1) is 5.41 Å². The molecule has 0 aliphatic carbocycles. The Morgan fingerprint density at radius 1 is 1.47 bits per heavy atom. The fraction of sp³-hybridized carbons (Fsp3) is 0.692. The highest BCUT2D eigenvalue weighted by Gasteiger charge is 2.34. The molecule has 0 aliphatic rings. The zero-order valence-electron chi connectivity index (χ0n) is 12.1. The number of aromatic nitrogens is 2. The van der Waals surface area contributed by atoms with Crippen LogP contribution in [0.15, 0.2) is 10.7 Å². The standard InChI is InChI=1S/C13H21BrN2O3/c1-13(2,3)12(19-5)11(17)10-9(14)8-15-16(10)6-7-18-4/h8,12H,6-7H2,1-5H3. The SMILES string of the molecule is COCCn1ncc(Br)c1C(=O)C(OC)C(C)(C)C. The van der Waals surface area contributed by atoms with Gasteiger partial charge < -0.3 is 9.47 Å². The largest absolute Gasteiger partial charge is 0.383 e. The molecule has 1 aromatic rings. The van der Waals surface area contributed by atoms with Gasteiger partial charge in [0.15, 0.2) is 0 Å². The fourth-order valence-electron chi connectivity index (χ4n) is 1.93. The van der Waals surface area contributed by atoms with Gasteiger partial charge in [-0.3, -0.25) is 9.48 Å². The molecule has 19 heavy (non-hydrogen) atoms. The maximum Gasteiger partial charge on any atom is 0.211 e. The Balaban J connectivity index is 3.07. The highest BCUT2D eigenvalue weighted by Crippen LogP contribution is 2.27. The van der Waals surface area contributed by atoms with Gasteiger partial charge in [-0.15, -0.1) is 0 Å². The van der Waals surface area contributed by atoms with Crippen molar-refractivity contribution >= 4 is 21.7 Å². The van der Waals surface area contributed by atoms with Gasteiger partial charge in [-0.05, 0) is 21.3 Å². The van der Waals surface area contributed by atoms with Crippen LogP contribution < -0.4 is 0 Å². The molecule has 1 unspecified atom stereocenters. The van der Waals surface area contributed by atoms with Gasteiger partial charge in [-0.25, -0.2) is 0 Å². The third kappa shape index (κ3) is 3.87. The number of hydrogen-bond acceptors (Lipinski definition) is 4. The molecule has 0 radical (unpaired) electrons. The molecule has 0 spiro atoms. The van der Waals surface area contributed by atoms with Crippen LogP contribution in [0.4, 0.5) is 0 Å². The van der Waals surface area contributed by atoms with Crippen LogP contribution in [0.1, 0.15) is 31.3 Å². The highest BCUT2D eigenvalue weighted by atomic mass is 79.9. The van der Waals surface area contributed by atoms with Crippen LogP contribution in [0.3, 0.4) is 0 Å². The average molecular weight is 333 g/mol. The molecule has 0 N–H and O–H groups in total. The lowest BCUT2D eigenvalue weighted by molar-refractivity contribution is 0.0185. The average Bonchev–Trinajstić information content (AvgIpc) is 2.66. The highest BCUT2D eigenvalue weighted by molar-refractivity contribution is 9.10. The van der Waals surface area contributed by atoms with Crippen LogP contribution in [0.2, 0.25) is 0 Å². The van der Waals surface area contributed by atoms with E-state index in [2.05, 4.69) is 21.0 Å². The minimum Gasteiger partial charge on any atom is -0.383 e. The summed E-state index contributed by atoms with van der Waals surface area (Å²) < 4.78 is 12.7. The Bertz CT molecular complexity index is 438. The third-order valence-corrected chi connectivity index (χ3v) is 3.38. The summed E-state index contributed by atoms with van der Waals surface area (Å²) in [4.78, 5) is 12.6. The van der Waals surface area contributed by atoms with E-state index in [-0.39, 0.29) is 11.2 Å². The summed E-state index contributed by atoms with van der Waals surface area (Å²) in [5.74, 6) is -0.0736. The van der Waals surface area contributed by atoms with Crippen molar-refractivity contribution in [2.24, 2.45) is 5.41 Å². The molecule has 0 bridgehead atoms. The van der Waals surface area contributed by atoms with Gasteiger partial charge in [0.2, 0.25) is 5.78 Å². The molecule has 0 saturated heterocycles. The van der Waals surface area contributed by atoms with E-state index in [9.17, 15) is 4.79 Å². The van der Waals surface area contributed by atoms with Crippen LogP contribution in [0.25, 0.3) is 0 Å². The van der Waals surface area contributed by atoms with Crippen molar-refractivity contribution < 1.29 is 14.3 Å².